The van der Waals surface area contributed by atoms with Gasteiger partial charge in [-0.05, 0) is 47.5 Å². The quantitative estimate of drug-likeness (QED) is 0.571. The number of aliphatic imine (C=N–C) groups is 1. The van der Waals surface area contributed by atoms with Gasteiger partial charge in [0, 0.05) is 19.0 Å². The summed E-state index contributed by atoms with van der Waals surface area (Å²) in [6.45, 7) is 10.6. The van der Waals surface area contributed by atoms with Gasteiger partial charge in [-0.1, -0.05) is 0 Å². The molecule has 0 aliphatic carbocycles. The summed E-state index contributed by atoms with van der Waals surface area (Å²) in [5.41, 5.74) is -0.969. The Bertz CT molecular complexity index is 379. The van der Waals surface area contributed by atoms with Gasteiger partial charge in [-0.15, -0.1) is 0 Å². The number of nitrogens with zero attached hydrogens (tertiary/aromatic N) is 2. The van der Waals surface area contributed by atoms with Gasteiger partial charge in [-0.2, -0.15) is 4.99 Å². The fourth-order valence-electron chi connectivity index (χ4n) is 2.26. The molecule has 5 heteroatoms. The highest BCUT2D eigenvalue weighted by Crippen LogP contribution is 2.30. The van der Waals surface area contributed by atoms with E-state index in [-0.39, 0.29) is 12.0 Å². The van der Waals surface area contributed by atoms with Crippen LogP contribution in [0.2, 0.25) is 0 Å². The average Bonchev–Trinajstić information content (AvgIpc) is 2.27. The Balaban J connectivity index is 2.69. The summed E-state index contributed by atoms with van der Waals surface area (Å²) in [6.07, 6.45) is 3.20. The second-order valence-corrected chi connectivity index (χ2v) is 6.62. The van der Waals surface area contributed by atoms with Crippen molar-refractivity contribution >= 4 is 12.2 Å². The molecule has 0 saturated carbocycles. The van der Waals surface area contributed by atoms with E-state index in [0.29, 0.717) is 13.1 Å². The number of carbonyl (C=O) groups excluding carboxylic acids is 2. The molecule has 19 heavy (non-hydrogen) atoms. The molecule has 0 spiro atoms. The van der Waals surface area contributed by atoms with E-state index >= 15 is 0 Å². The number of piperidine rings is 1. The van der Waals surface area contributed by atoms with Crippen molar-refractivity contribution in [3.05, 3.63) is 0 Å². The third-order valence-electron chi connectivity index (χ3n) is 3.41. The summed E-state index contributed by atoms with van der Waals surface area (Å²) < 4.78 is 5.38. The van der Waals surface area contributed by atoms with Crippen LogP contribution in [-0.2, 0) is 9.53 Å². The summed E-state index contributed by atoms with van der Waals surface area (Å²) >= 11 is 0. The fraction of sp³-hybridized carbons (Fsp3) is 0.857. The minimum Gasteiger partial charge on any atom is -0.444 e. The molecule has 1 heterocycles. The maximum absolute atomic E-state index is 12.0. The van der Waals surface area contributed by atoms with Crippen LogP contribution in [0.3, 0.4) is 0 Å². The van der Waals surface area contributed by atoms with Crippen molar-refractivity contribution in [2.75, 3.05) is 13.1 Å². The Labute approximate surface area is 115 Å². The third kappa shape index (κ3) is 4.67. The summed E-state index contributed by atoms with van der Waals surface area (Å²) in [6, 6.07) is 0. The lowest BCUT2D eigenvalue weighted by Gasteiger charge is -2.39. The van der Waals surface area contributed by atoms with Gasteiger partial charge in [0.1, 0.15) is 5.60 Å². The van der Waals surface area contributed by atoms with Gasteiger partial charge in [0.25, 0.3) is 0 Å². The van der Waals surface area contributed by atoms with Gasteiger partial charge in [0.2, 0.25) is 6.08 Å². The molecular formula is C14H24N2O3. The minimum atomic E-state index is -0.486. The van der Waals surface area contributed by atoms with Gasteiger partial charge in [0.05, 0.1) is 5.54 Å². The fourth-order valence-corrected chi connectivity index (χ4v) is 2.26. The highest BCUT2D eigenvalue weighted by atomic mass is 16.6. The maximum Gasteiger partial charge on any atom is 0.410 e. The van der Waals surface area contributed by atoms with Crippen molar-refractivity contribution in [2.24, 2.45) is 10.9 Å². The van der Waals surface area contributed by atoms with Crippen LogP contribution in [0.15, 0.2) is 4.99 Å². The smallest absolute Gasteiger partial charge is 0.410 e. The Kier molecular flexibility index (Phi) is 4.75. The van der Waals surface area contributed by atoms with Crippen molar-refractivity contribution in [1.29, 1.82) is 0 Å². The van der Waals surface area contributed by atoms with Crippen LogP contribution in [0.1, 0.15) is 47.5 Å². The van der Waals surface area contributed by atoms with E-state index in [0.717, 1.165) is 12.8 Å². The summed E-state index contributed by atoms with van der Waals surface area (Å²) in [5, 5.41) is 0. The molecule has 1 aliphatic rings. The van der Waals surface area contributed by atoms with Crippen LogP contribution in [0, 0.1) is 5.92 Å². The summed E-state index contributed by atoms with van der Waals surface area (Å²) in [5.74, 6) is 0.162. The van der Waals surface area contributed by atoms with Gasteiger partial charge >= 0.3 is 6.09 Å². The first-order chi connectivity index (χ1) is 8.65. The minimum absolute atomic E-state index is 0.162. The second kappa shape index (κ2) is 5.74. The van der Waals surface area contributed by atoms with E-state index in [1.807, 2.05) is 34.6 Å². The normalized spacial score (nSPS) is 20.7. The van der Waals surface area contributed by atoms with Gasteiger partial charge in [-0.3, -0.25) is 0 Å². The van der Waals surface area contributed by atoms with Crippen molar-refractivity contribution < 1.29 is 14.3 Å². The lowest BCUT2D eigenvalue weighted by atomic mass is 9.82. The van der Waals surface area contributed by atoms with Crippen LogP contribution in [0.25, 0.3) is 0 Å². The Morgan fingerprint density at radius 2 is 1.95 bits per heavy atom. The van der Waals surface area contributed by atoms with Crippen molar-refractivity contribution in [2.45, 2.75) is 58.6 Å². The van der Waals surface area contributed by atoms with Crippen LogP contribution in [0.4, 0.5) is 4.79 Å². The number of rotatable bonds is 2. The molecule has 1 atom stereocenters. The number of isocyanates is 1. The number of likely N-dealkylation sites (tertiary alicyclic amines) is 1. The van der Waals surface area contributed by atoms with E-state index in [9.17, 15) is 9.59 Å². The van der Waals surface area contributed by atoms with E-state index < -0.39 is 11.1 Å². The maximum atomic E-state index is 12.0. The van der Waals surface area contributed by atoms with Gasteiger partial charge in [-0.25, -0.2) is 9.59 Å². The predicted octanol–water partition coefficient (Wildman–Crippen LogP) is 2.75. The molecule has 0 aromatic rings. The number of hydrogen-bond donors (Lipinski definition) is 0. The van der Waals surface area contributed by atoms with Crippen LogP contribution in [0.5, 0.6) is 0 Å². The Morgan fingerprint density at radius 3 is 2.47 bits per heavy atom. The first-order valence-corrected chi connectivity index (χ1v) is 6.72. The Morgan fingerprint density at radius 1 is 1.32 bits per heavy atom. The lowest BCUT2D eigenvalue weighted by molar-refractivity contribution is 0.0129. The topological polar surface area (TPSA) is 59.0 Å². The zero-order valence-corrected chi connectivity index (χ0v) is 12.5. The standard InChI is InChI=1S/C14H24N2O3/c1-13(2,3)19-12(18)16-8-6-7-11(9-16)14(4,5)15-10-17/h11H,6-9H2,1-5H3. The first kappa shape index (κ1) is 15.7. The average molecular weight is 268 g/mol. The number of ether oxygens (including phenoxy) is 1. The van der Waals surface area contributed by atoms with Crippen LogP contribution in [-0.4, -0.2) is 41.3 Å². The van der Waals surface area contributed by atoms with E-state index in [2.05, 4.69) is 4.99 Å². The summed E-state index contributed by atoms with van der Waals surface area (Å²) in [7, 11) is 0. The van der Waals surface area contributed by atoms with Crippen molar-refractivity contribution in [3.63, 3.8) is 0 Å². The monoisotopic (exact) mass is 268 g/mol. The molecule has 0 aromatic carbocycles. The molecular weight excluding hydrogens is 244 g/mol. The molecule has 1 rings (SSSR count). The molecule has 1 amide bonds. The molecule has 1 fully saturated rings. The predicted molar refractivity (Wildman–Crippen MR) is 72.7 cm³/mol. The molecule has 5 nitrogen and oxygen atoms in total. The third-order valence-corrected chi connectivity index (χ3v) is 3.41. The van der Waals surface area contributed by atoms with E-state index in [1.54, 1.807) is 11.0 Å². The van der Waals surface area contributed by atoms with Gasteiger partial charge in [0.15, 0.2) is 0 Å². The molecule has 0 bridgehead atoms. The van der Waals surface area contributed by atoms with Crippen molar-refractivity contribution in [1.82, 2.24) is 4.90 Å². The number of hydrogen-bond acceptors (Lipinski definition) is 4. The first-order valence-electron chi connectivity index (χ1n) is 6.72. The lowest BCUT2D eigenvalue weighted by Crippen LogP contribution is -2.47. The highest BCUT2D eigenvalue weighted by molar-refractivity contribution is 5.68. The molecule has 1 unspecified atom stereocenters. The number of carbonyl (C=O) groups is 1. The molecule has 108 valence electrons. The van der Waals surface area contributed by atoms with E-state index in [4.69, 9.17) is 4.74 Å². The summed E-state index contributed by atoms with van der Waals surface area (Å²) in [4.78, 5) is 28.1. The zero-order valence-electron chi connectivity index (χ0n) is 12.5. The zero-order chi connectivity index (χ0) is 14.7. The SMILES string of the molecule is CC(C)(C)OC(=O)N1CCCC(C(C)(C)N=C=O)C1. The van der Waals surface area contributed by atoms with Crippen LogP contribution >= 0.6 is 0 Å². The molecule has 1 aliphatic heterocycles. The van der Waals surface area contributed by atoms with Gasteiger partial charge < -0.3 is 9.64 Å². The molecule has 0 radical (unpaired) electrons. The second-order valence-electron chi connectivity index (χ2n) is 6.62. The molecule has 0 N–H and O–H groups in total. The highest BCUT2D eigenvalue weighted by Gasteiger charge is 2.35. The van der Waals surface area contributed by atoms with Crippen LogP contribution < -0.4 is 0 Å². The van der Waals surface area contributed by atoms with Crippen molar-refractivity contribution in [3.8, 4) is 0 Å². The van der Waals surface area contributed by atoms with E-state index in [1.165, 1.54) is 0 Å². The number of amides is 1. The Hall–Kier alpha value is -1.35. The molecule has 0 aromatic heterocycles. The molecule has 1 saturated heterocycles. The largest absolute Gasteiger partial charge is 0.444 e.